The minimum absolute atomic E-state index is 0.165. The highest BCUT2D eigenvalue weighted by Gasteiger charge is 2.27. The van der Waals surface area contributed by atoms with Crippen LogP contribution in [0.2, 0.25) is 0 Å². The summed E-state index contributed by atoms with van der Waals surface area (Å²) in [6.45, 7) is 1.52. The van der Waals surface area contributed by atoms with Gasteiger partial charge in [0.25, 0.3) is 11.8 Å². The van der Waals surface area contributed by atoms with Crippen molar-refractivity contribution in [2.45, 2.75) is 12.8 Å². The van der Waals surface area contributed by atoms with Gasteiger partial charge in [-0.05, 0) is 31.0 Å². The molecule has 0 unspecified atom stereocenters. The second-order valence-corrected chi connectivity index (χ2v) is 4.67. The highest BCUT2D eigenvalue weighted by molar-refractivity contribution is 6.22. The van der Waals surface area contributed by atoms with Crippen molar-refractivity contribution >= 4 is 23.5 Å². The van der Waals surface area contributed by atoms with Gasteiger partial charge >= 0.3 is 6.03 Å². The number of rotatable bonds is 1. The molecule has 0 bridgehead atoms. The highest BCUT2D eigenvalue weighted by atomic mass is 16.2. The Hall–Kier alpha value is -2.37. The number of carbonyl (C=O) groups is 3. The van der Waals surface area contributed by atoms with Crippen LogP contribution in [-0.4, -0.2) is 35.8 Å². The molecule has 0 radical (unpaired) electrons. The van der Waals surface area contributed by atoms with Gasteiger partial charge in [0.05, 0.1) is 11.1 Å². The smallest absolute Gasteiger partial charge is 0.321 e. The lowest BCUT2D eigenvalue weighted by molar-refractivity contribution is 0.0879. The van der Waals surface area contributed by atoms with Crippen LogP contribution in [0, 0.1) is 0 Å². The fraction of sp³-hybridized carbons (Fsp3) is 0.308. The third-order valence-corrected chi connectivity index (χ3v) is 3.38. The van der Waals surface area contributed by atoms with E-state index >= 15 is 0 Å². The van der Waals surface area contributed by atoms with E-state index < -0.39 is 11.8 Å². The topological polar surface area (TPSA) is 78.5 Å². The van der Waals surface area contributed by atoms with Gasteiger partial charge < -0.3 is 10.2 Å². The summed E-state index contributed by atoms with van der Waals surface area (Å²) in [5.41, 5.74) is 1.19. The first-order valence-electron chi connectivity index (χ1n) is 6.21. The van der Waals surface area contributed by atoms with E-state index in [1.807, 2.05) is 0 Å². The van der Waals surface area contributed by atoms with Crippen LogP contribution in [0.3, 0.4) is 0 Å². The Kier molecular flexibility index (Phi) is 2.70. The molecule has 1 aromatic carbocycles. The van der Waals surface area contributed by atoms with E-state index in [1.54, 1.807) is 17.0 Å². The van der Waals surface area contributed by atoms with Gasteiger partial charge in [0, 0.05) is 18.8 Å². The average molecular weight is 259 g/mol. The summed E-state index contributed by atoms with van der Waals surface area (Å²) in [7, 11) is 0. The standard InChI is InChI=1S/C13H13N3O3/c17-11-9-4-3-8(7-10(9)12(18)15-11)14-13(19)16-5-1-2-6-16/h3-4,7H,1-2,5-6H2,(H,14,19)(H,15,17,18). The Balaban J connectivity index is 1.79. The van der Waals surface area contributed by atoms with Crippen molar-refractivity contribution in [3.05, 3.63) is 29.3 Å². The van der Waals surface area contributed by atoms with Crippen LogP contribution in [0.15, 0.2) is 18.2 Å². The summed E-state index contributed by atoms with van der Waals surface area (Å²) in [4.78, 5) is 36.5. The molecule has 0 aromatic heterocycles. The first-order chi connectivity index (χ1) is 9.15. The minimum atomic E-state index is -0.419. The van der Waals surface area contributed by atoms with Gasteiger partial charge in [-0.1, -0.05) is 0 Å². The van der Waals surface area contributed by atoms with Crippen LogP contribution >= 0.6 is 0 Å². The third-order valence-electron chi connectivity index (χ3n) is 3.38. The molecule has 19 heavy (non-hydrogen) atoms. The van der Waals surface area contributed by atoms with E-state index in [2.05, 4.69) is 10.6 Å². The maximum Gasteiger partial charge on any atom is 0.321 e. The first kappa shape index (κ1) is 11.7. The Morgan fingerprint density at radius 2 is 1.79 bits per heavy atom. The van der Waals surface area contributed by atoms with Gasteiger partial charge in [-0.15, -0.1) is 0 Å². The van der Waals surface area contributed by atoms with Gasteiger partial charge in [0.2, 0.25) is 0 Å². The molecule has 4 amide bonds. The van der Waals surface area contributed by atoms with Crippen molar-refractivity contribution in [2.75, 3.05) is 18.4 Å². The van der Waals surface area contributed by atoms with Crippen LogP contribution in [0.5, 0.6) is 0 Å². The molecular formula is C13H13N3O3. The maximum absolute atomic E-state index is 11.9. The summed E-state index contributed by atoms with van der Waals surface area (Å²) >= 11 is 0. The summed E-state index contributed by atoms with van der Waals surface area (Å²) in [6.07, 6.45) is 2.04. The second kappa shape index (κ2) is 4.38. The van der Waals surface area contributed by atoms with Crippen molar-refractivity contribution in [1.82, 2.24) is 10.2 Å². The van der Waals surface area contributed by atoms with Crippen molar-refractivity contribution in [3.8, 4) is 0 Å². The number of fused-ring (bicyclic) bond motifs is 1. The monoisotopic (exact) mass is 259 g/mol. The number of imide groups is 1. The zero-order valence-electron chi connectivity index (χ0n) is 10.2. The molecule has 0 aliphatic carbocycles. The third kappa shape index (κ3) is 2.05. The number of benzene rings is 1. The van der Waals surface area contributed by atoms with Gasteiger partial charge in [0.15, 0.2) is 0 Å². The largest absolute Gasteiger partial charge is 0.325 e. The average Bonchev–Trinajstić information content (AvgIpc) is 2.99. The molecule has 0 atom stereocenters. The summed E-state index contributed by atoms with van der Waals surface area (Å²) in [5.74, 6) is -0.810. The predicted molar refractivity (Wildman–Crippen MR) is 68.1 cm³/mol. The molecule has 3 rings (SSSR count). The summed E-state index contributed by atoms with van der Waals surface area (Å²) < 4.78 is 0. The van der Waals surface area contributed by atoms with Crippen molar-refractivity contribution in [2.24, 2.45) is 0 Å². The Labute approximate surface area is 109 Å². The molecule has 0 saturated carbocycles. The summed E-state index contributed by atoms with van der Waals surface area (Å²) in [5, 5.41) is 4.96. The van der Waals surface area contributed by atoms with E-state index in [9.17, 15) is 14.4 Å². The number of hydrogen-bond acceptors (Lipinski definition) is 3. The predicted octanol–water partition coefficient (Wildman–Crippen LogP) is 1.20. The number of amides is 4. The van der Waals surface area contributed by atoms with Crippen LogP contribution in [0.25, 0.3) is 0 Å². The summed E-state index contributed by atoms with van der Waals surface area (Å²) in [6, 6.07) is 4.55. The van der Waals surface area contributed by atoms with Crippen molar-refractivity contribution in [3.63, 3.8) is 0 Å². The van der Waals surface area contributed by atoms with E-state index in [1.165, 1.54) is 6.07 Å². The maximum atomic E-state index is 11.9. The molecule has 1 fully saturated rings. The molecule has 2 N–H and O–H groups in total. The van der Waals surface area contributed by atoms with Crippen LogP contribution in [-0.2, 0) is 0 Å². The van der Waals surface area contributed by atoms with Crippen LogP contribution in [0.1, 0.15) is 33.6 Å². The van der Waals surface area contributed by atoms with Crippen molar-refractivity contribution in [1.29, 1.82) is 0 Å². The fourth-order valence-electron chi connectivity index (χ4n) is 2.37. The van der Waals surface area contributed by atoms with Crippen molar-refractivity contribution < 1.29 is 14.4 Å². The quantitative estimate of drug-likeness (QED) is 0.744. The van der Waals surface area contributed by atoms with Gasteiger partial charge in [-0.3, -0.25) is 14.9 Å². The molecule has 1 aromatic rings. The molecule has 0 spiro atoms. The van der Waals surface area contributed by atoms with E-state index in [0.717, 1.165) is 25.9 Å². The van der Waals surface area contributed by atoms with E-state index in [0.29, 0.717) is 16.8 Å². The highest BCUT2D eigenvalue weighted by Crippen LogP contribution is 2.21. The molecular weight excluding hydrogens is 246 g/mol. The fourth-order valence-corrected chi connectivity index (χ4v) is 2.37. The molecule has 2 heterocycles. The first-order valence-corrected chi connectivity index (χ1v) is 6.21. The number of anilines is 1. The molecule has 2 aliphatic heterocycles. The van der Waals surface area contributed by atoms with Crippen LogP contribution in [0.4, 0.5) is 10.5 Å². The Morgan fingerprint density at radius 3 is 2.53 bits per heavy atom. The zero-order chi connectivity index (χ0) is 13.4. The minimum Gasteiger partial charge on any atom is -0.325 e. The molecule has 6 heteroatoms. The number of likely N-dealkylation sites (tertiary alicyclic amines) is 1. The van der Waals surface area contributed by atoms with Gasteiger partial charge in [-0.25, -0.2) is 4.79 Å². The van der Waals surface area contributed by atoms with Gasteiger partial charge in [0.1, 0.15) is 0 Å². The Morgan fingerprint density at radius 1 is 1.11 bits per heavy atom. The van der Waals surface area contributed by atoms with Gasteiger partial charge in [-0.2, -0.15) is 0 Å². The molecule has 1 saturated heterocycles. The lowest BCUT2D eigenvalue weighted by atomic mass is 10.1. The lowest BCUT2D eigenvalue weighted by Crippen LogP contribution is -2.32. The number of nitrogens with zero attached hydrogens (tertiary/aromatic N) is 1. The molecule has 2 aliphatic rings. The number of urea groups is 1. The zero-order valence-corrected chi connectivity index (χ0v) is 10.2. The lowest BCUT2D eigenvalue weighted by Gasteiger charge is -2.16. The second-order valence-electron chi connectivity index (χ2n) is 4.67. The molecule has 6 nitrogen and oxygen atoms in total. The number of hydrogen-bond donors (Lipinski definition) is 2. The van der Waals surface area contributed by atoms with E-state index in [4.69, 9.17) is 0 Å². The Bertz CT molecular complexity index is 576. The van der Waals surface area contributed by atoms with Crippen LogP contribution < -0.4 is 10.6 Å². The normalized spacial score (nSPS) is 17.4. The number of carbonyl (C=O) groups excluding carboxylic acids is 3. The number of nitrogens with one attached hydrogen (secondary N) is 2. The SMILES string of the molecule is O=C1NC(=O)c2cc(NC(=O)N3CCCC3)ccc21. The van der Waals surface area contributed by atoms with E-state index in [-0.39, 0.29) is 6.03 Å². The molecule has 98 valence electrons.